The van der Waals surface area contributed by atoms with Crippen molar-refractivity contribution in [1.29, 1.82) is 0 Å². The highest BCUT2D eigenvalue weighted by Gasteiger charge is 2.50. The van der Waals surface area contributed by atoms with Gasteiger partial charge < -0.3 is 9.22 Å². The van der Waals surface area contributed by atoms with Crippen LogP contribution in [0, 0.1) is 0 Å². The number of nitrogens with zero attached hydrogens (tertiary/aromatic N) is 1. The zero-order valence-corrected chi connectivity index (χ0v) is 15.3. The van der Waals surface area contributed by atoms with E-state index in [1.165, 1.54) is 11.1 Å². The minimum atomic E-state index is 0.285. The number of para-hydroxylation sites is 1. The van der Waals surface area contributed by atoms with Crippen molar-refractivity contribution in [2.75, 3.05) is 19.6 Å². The first-order valence-corrected chi connectivity index (χ1v) is 9.48. The number of likely N-dealkylation sites (tertiary alicyclic amines) is 1. The Morgan fingerprint density at radius 1 is 0.769 bits per heavy atom. The fraction of sp³-hybridized carbons (Fsp3) is 0.250. The van der Waals surface area contributed by atoms with Crippen LogP contribution in [0.5, 0.6) is 5.75 Å². The van der Waals surface area contributed by atoms with E-state index < -0.39 is 0 Å². The maximum atomic E-state index is 6.21. The van der Waals surface area contributed by atoms with E-state index in [0.717, 1.165) is 29.9 Å². The van der Waals surface area contributed by atoms with Crippen molar-refractivity contribution in [2.45, 2.75) is 19.1 Å². The topological polar surface area (TPSA) is 9.23 Å². The largest absolute Gasteiger partial charge is 0.479 e. The number of rotatable bonds is 6. The van der Waals surface area contributed by atoms with Gasteiger partial charge in [0.1, 0.15) is 24.9 Å². The highest BCUT2D eigenvalue weighted by molar-refractivity contribution is 5.30. The van der Waals surface area contributed by atoms with Crippen LogP contribution in [0.2, 0.25) is 0 Å². The van der Waals surface area contributed by atoms with Gasteiger partial charge in [-0.05, 0) is 19.1 Å². The summed E-state index contributed by atoms with van der Waals surface area (Å²) in [5.41, 5.74) is 2.78. The lowest BCUT2D eigenvalue weighted by Gasteiger charge is -2.54. The molecule has 26 heavy (non-hydrogen) atoms. The summed E-state index contributed by atoms with van der Waals surface area (Å²) < 4.78 is 7.26. The smallest absolute Gasteiger partial charge is 0.196 e. The van der Waals surface area contributed by atoms with Crippen LogP contribution in [0.1, 0.15) is 24.1 Å². The minimum Gasteiger partial charge on any atom is -0.479 e. The Morgan fingerprint density at radius 3 is 1.69 bits per heavy atom. The van der Waals surface area contributed by atoms with Crippen LogP contribution in [0.25, 0.3) is 0 Å². The van der Waals surface area contributed by atoms with Gasteiger partial charge >= 0.3 is 0 Å². The Labute approximate surface area is 156 Å². The molecule has 3 aromatic rings. The second-order valence-corrected chi connectivity index (χ2v) is 7.18. The molecule has 0 bridgehead atoms. The van der Waals surface area contributed by atoms with Crippen LogP contribution in [-0.2, 0) is 0 Å². The minimum absolute atomic E-state index is 0.285. The van der Waals surface area contributed by atoms with E-state index >= 15 is 0 Å². The van der Waals surface area contributed by atoms with Crippen LogP contribution in [0.4, 0.5) is 0 Å². The summed E-state index contributed by atoms with van der Waals surface area (Å²) in [6.45, 7) is 5.49. The molecule has 0 aliphatic carbocycles. The van der Waals surface area contributed by atoms with Gasteiger partial charge in [-0.15, -0.1) is 0 Å². The third-order valence-electron chi connectivity index (χ3n) is 5.59. The molecule has 1 saturated heterocycles. The number of likely N-dealkylation sites (N-methyl/N-ethyl adjacent to an activating group) is 1. The first-order valence-electron chi connectivity index (χ1n) is 9.48. The van der Waals surface area contributed by atoms with Gasteiger partial charge in [-0.2, -0.15) is 0 Å². The Hall–Kier alpha value is -2.58. The SMILES string of the molecule is CC[N+]1(C(c2ccccc2)c2ccccc2)CC(Oc2ccccc2)C1. The second-order valence-electron chi connectivity index (χ2n) is 7.18. The van der Waals surface area contributed by atoms with E-state index in [4.69, 9.17) is 4.74 Å². The highest BCUT2D eigenvalue weighted by Crippen LogP contribution is 2.40. The van der Waals surface area contributed by atoms with Crippen LogP contribution in [-0.4, -0.2) is 30.2 Å². The molecule has 2 nitrogen and oxygen atoms in total. The van der Waals surface area contributed by atoms with Gasteiger partial charge in [-0.25, -0.2) is 0 Å². The lowest BCUT2D eigenvalue weighted by molar-refractivity contribution is -0.991. The molecule has 4 rings (SSSR count). The molecule has 0 N–H and O–H groups in total. The Bertz CT molecular complexity index is 771. The molecule has 0 unspecified atom stereocenters. The number of hydrogen-bond donors (Lipinski definition) is 0. The average Bonchev–Trinajstić information content (AvgIpc) is 2.68. The summed E-state index contributed by atoms with van der Waals surface area (Å²) in [5.74, 6) is 0.974. The molecule has 1 heterocycles. The fourth-order valence-electron chi connectivity index (χ4n) is 4.27. The Morgan fingerprint density at radius 2 is 1.23 bits per heavy atom. The van der Waals surface area contributed by atoms with Gasteiger partial charge in [0.2, 0.25) is 0 Å². The molecule has 0 spiro atoms. The standard InChI is InChI=1S/C24H26NO/c1-2-25(18-23(19-25)26-22-16-10-5-11-17-22)24(20-12-6-3-7-13-20)21-14-8-4-9-15-21/h3-17,23-24H,2,18-19H2,1H3/q+1. The van der Waals surface area contributed by atoms with E-state index in [9.17, 15) is 0 Å². The van der Waals surface area contributed by atoms with E-state index in [-0.39, 0.29) is 6.10 Å². The van der Waals surface area contributed by atoms with Crippen molar-refractivity contribution in [3.8, 4) is 5.75 Å². The number of quaternary nitrogens is 1. The second kappa shape index (κ2) is 7.35. The zero-order valence-electron chi connectivity index (χ0n) is 15.3. The highest BCUT2D eigenvalue weighted by atomic mass is 16.5. The van der Waals surface area contributed by atoms with Crippen LogP contribution < -0.4 is 4.74 Å². The normalized spacial score (nSPS) is 22.0. The van der Waals surface area contributed by atoms with E-state index in [2.05, 4.69) is 67.6 Å². The first-order chi connectivity index (χ1) is 12.8. The average molecular weight is 344 g/mol. The van der Waals surface area contributed by atoms with E-state index in [1.54, 1.807) is 0 Å². The Kier molecular flexibility index (Phi) is 4.77. The third kappa shape index (κ3) is 3.25. The van der Waals surface area contributed by atoms with Gasteiger partial charge in [0, 0.05) is 11.1 Å². The van der Waals surface area contributed by atoms with Crippen LogP contribution in [0.3, 0.4) is 0 Å². The molecule has 0 saturated carbocycles. The Balaban J connectivity index is 1.60. The third-order valence-corrected chi connectivity index (χ3v) is 5.59. The van der Waals surface area contributed by atoms with Crippen molar-refractivity contribution in [3.63, 3.8) is 0 Å². The van der Waals surface area contributed by atoms with Gasteiger partial charge in [0.25, 0.3) is 0 Å². The predicted octanol–water partition coefficient (Wildman–Crippen LogP) is 5.07. The number of hydrogen-bond acceptors (Lipinski definition) is 1. The quantitative estimate of drug-likeness (QED) is 0.567. The molecule has 1 fully saturated rings. The van der Waals surface area contributed by atoms with Crippen LogP contribution >= 0.6 is 0 Å². The lowest BCUT2D eigenvalue weighted by Crippen LogP contribution is -2.69. The van der Waals surface area contributed by atoms with E-state index in [1.807, 2.05) is 30.3 Å². The van der Waals surface area contributed by atoms with Crippen molar-refractivity contribution in [1.82, 2.24) is 0 Å². The summed E-state index contributed by atoms with van der Waals surface area (Å²) >= 11 is 0. The molecule has 1 aliphatic heterocycles. The summed E-state index contributed by atoms with van der Waals surface area (Å²) in [4.78, 5) is 0. The molecule has 0 atom stereocenters. The van der Waals surface area contributed by atoms with Crippen molar-refractivity contribution >= 4 is 0 Å². The first kappa shape index (κ1) is 16.9. The molecule has 3 aromatic carbocycles. The molecular weight excluding hydrogens is 318 g/mol. The maximum absolute atomic E-state index is 6.21. The molecule has 0 aromatic heterocycles. The van der Waals surface area contributed by atoms with Gasteiger partial charge in [0.05, 0.1) is 6.54 Å². The number of benzene rings is 3. The lowest BCUT2D eigenvalue weighted by atomic mass is 9.89. The molecule has 0 amide bonds. The molecule has 1 aliphatic rings. The van der Waals surface area contributed by atoms with E-state index in [0.29, 0.717) is 6.04 Å². The van der Waals surface area contributed by atoms with Gasteiger partial charge in [0.15, 0.2) is 6.10 Å². The summed E-state index contributed by atoms with van der Waals surface area (Å²) in [7, 11) is 0. The zero-order chi connectivity index (χ0) is 17.8. The molecule has 0 radical (unpaired) electrons. The molecule has 2 heteroatoms. The van der Waals surface area contributed by atoms with Crippen molar-refractivity contribution < 1.29 is 9.22 Å². The summed E-state index contributed by atoms with van der Waals surface area (Å²) in [5, 5.41) is 0. The summed E-state index contributed by atoms with van der Waals surface area (Å²) in [6.07, 6.45) is 0.285. The number of ether oxygens (including phenoxy) is 1. The van der Waals surface area contributed by atoms with Gasteiger partial charge in [-0.3, -0.25) is 0 Å². The fourth-order valence-corrected chi connectivity index (χ4v) is 4.27. The molecule has 132 valence electrons. The van der Waals surface area contributed by atoms with Crippen molar-refractivity contribution in [2.24, 2.45) is 0 Å². The predicted molar refractivity (Wildman–Crippen MR) is 106 cm³/mol. The van der Waals surface area contributed by atoms with Gasteiger partial charge in [-0.1, -0.05) is 78.9 Å². The molecular formula is C24H26NO+. The summed E-state index contributed by atoms with van der Waals surface area (Å²) in [6, 6.07) is 32.4. The monoisotopic (exact) mass is 344 g/mol. The van der Waals surface area contributed by atoms with Crippen molar-refractivity contribution in [3.05, 3.63) is 102 Å². The maximum Gasteiger partial charge on any atom is 0.196 e. The van der Waals surface area contributed by atoms with Crippen LogP contribution in [0.15, 0.2) is 91.0 Å².